The highest BCUT2D eigenvalue weighted by molar-refractivity contribution is 5.31. The molecule has 1 nitrogen and oxygen atoms in total. The van der Waals surface area contributed by atoms with E-state index in [2.05, 4.69) is 5.32 Å². The minimum atomic E-state index is -2.48. The van der Waals surface area contributed by atoms with E-state index in [1.54, 1.807) is 7.05 Å². The molecule has 1 aromatic rings. The van der Waals surface area contributed by atoms with Crippen molar-refractivity contribution < 1.29 is 8.78 Å². The summed E-state index contributed by atoms with van der Waals surface area (Å²) >= 11 is 0. The Kier molecular flexibility index (Phi) is 2.51. The maximum absolute atomic E-state index is 13.0. The second-order valence-electron chi connectivity index (χ2n) is 4.39. The predicted molar refractivity (Wildman–Crippen MR) is 56.2 cm³/mol. The Labute approximate surface area is 88.5 Å². The van der Waals surface area contributed by atoms with Gasteiger partial charge in [-0.15, -0.1) is 0 Å². The van der Waals surface area contributed by atoms with Crippen LogP contribution in [-0.4, -0.2) is 19.5 Å². The van der Waals surface area contributed by atoms with Crippen LogP contribution < -0.4 is 5.32 Å². The quantitative estimate of drug-likeness (QED) is 0.810. The molecule has 0 spiro atoms. The monoisotopic (exact) mass is 211 g/mol. The lowest BCUT2D eigenvalue weighted by atomic mass is 9.62. The average Bonchev–Trinajstić information content (AvgIpc) is 2.16. The van der Waals surface area contributed by atoms with Gasteiger partial charge in [0.2, 0.25) is 5.92 Å². The van der Waals surface area contributed by atoms with Crippen molar-refractivity contribution in [2.75, 3.05) is 13.6 Å². The minimum Gasteiger partial charge on any atom is -0.319 e. The number of hydrogen-bond acceptors (Lipinski definition) is 1. The molecule has 0 atom stereocenters. The molecule has 0 heterocycles. The fourth-order valence-electron chi connectivity index (χ4n) is 2.50. The topological polar surface area (TPSA) is 12.0 Å². The zero-order valence-corrected chi connectivity index (χ0v) is 8.76. The molecule has 1 aromatic carbocycles. The molecule has 1 aliphatic rings. The molecule has 0 saturated heterocycles. The molecule has 1 aliphatic carbocycles. The van der Waals surface area contributed by atoms with Gasteiger partial charge in [0.25, 0.3) is 0 Å². The molecular weight excluding hydrogens is 196 g/mol. The number of nitrogens with one attached hydrogen (secondary N) is 1. The molecule has 1 N–H and O–H groups in total. The van der Waals surface area contributed by atoms with Crippen molar-refractivity contribution in [3.63, 3.8) is 0 Å². The highest BCUT2D eigenvalue weighted by atomic mass is 19.3. The van der Waals surface area contributed by atoms with Crippen LogP contribution in [0.2, 0.25) is 0 Å². The smallest absolute Gasteiger partial charge is 0.250 e. The average molecular weight is 211 g/mol. The standard InChI is InChI=1S/C12H15F2N/c1-15-9-11(7-12(13,14)8-11)10-5-3-2-4-6-10/h2-6,15H,7-9H2,1H3. The summed E-state index contributed by atoms with van der Waals surface area (Å²) in [6.45, 7) is 0.618. The zero-order chi connectivity index (χ0) is 10.9. The Morgan fingerprint density at radius 1 is 1.20 bits per heavy atom. The molecule has 0 aliphatic heterocycles. The second-order valence-corrected chi connectivity index (χ2v) is 4.39. The number of benzene rings is 1. The summed E-state index contributed by atoms with van der Waals surface area (Å²) in [6.07, 6.45) is -0.0737. The Bertz CT molecular complexity index is 327. The van der Waals surface area contributed by atoms with Crippen LogP contribution in [-0.2, 0) is 5.41 Å². The Balaban J connectivity index is 2.23. The van der Waals surface area contributed by atoms with Gasteiger partial charge in [-0.3, -0.25) is 0 Å². The van der Waals surface area contributed by atoms with E-state index in [4.69, 9.17) is 0 Å². The molecule has 15 heavy (non-hydrogen) atoms. The summed E-state index contributed by atoms with van der Waals surface area (Å²) in [5.74, 6) is -2.48. The normalized spacial score (nSPS) is 22.1. The van der Waals surface area contributed by atoms with E-state index < -0.39 is 5.92 Å². The Morgan fingerprint density at radius 2 is 1.80 bits per heavy atom. The highest BCUT2D eigenvalue weighted by Gasteiger charge is 2.56. The zero-order valence-electron chi connectivity index (χ0n) is 8.76. The van der Waals surface area contributed by atoms with Gasteiger partial charge in [0.05, 0.1) is 0 Å². The third-order valence-corrected chi connectivity index (χ3v) is 3.10. The van der Waals surface area contributed by atoms with Gasteiger partial charge in [-0.25, -0.2) is 8.78 Å². The van der Waals surface area contributed by atoms with Crippen molar-refractivity contribution in [1.29, 1.82) is 0 Å². The van der Waals surface area contributed by atoms with Crippen molar-refractivity contribution in [1.82, 2.24) is 5.32 Å². The number of hydrogen-bond donors (Lipinski definition) is 1. The van der Waals surface area contributed by atoms with E-state index in [1.807, 2.05) is 30.3 Å². The lowest BCUT2D eigenvalue weighted by Crippen LogP contribution is -2.54. The van der Waals surface area contributed by atoms with Gasteiger partial charge >= 0.3 is 0 Å². The fraction of sp³-hybridized carbons (Fsp3) is 0.500. The van der Waals surface area contributed by atoms with Gasteiger partial charge in [-0.05, 0) is 12.6 Å². The van der Waals surface area contributed by atoms with Crippen LogP contribution >= 0.6 is 0 Å². The molecule has 2 rings (SSSR count). The summed E-state index contributed by atoms with van der Waals surface area (Å²) in [5, 5.41) is 3.01. The van der Waals surface area contributed by atoms with Crippen LogP contribution in [0.3, 0.4) is 0 Å². The van der Waals surface area contributed by atoms with E-state index >= 15 is 0 Å². The third-order valence-electron chi connectivity index (χ3n) is 3.10. The first-order valence-electron chi connectivity index (χ1n) is 5.16. The molecule has 1 saturated carbocycles. The maximum Gasteiger partial charge on any atom is 0.250 e. The SMILES string of the molecule is CNCC1(c2ccccc2)CC(F)(F)C1. The molecule has 0 radical (unpaired) electrons. The first kappa shape index (κ1) is 10.6. The van der Waals surface area contributed by atoms with Crippen molar-refractivity contribution in [3.8, 4) is 0 Å². The van der Waals surface area contributed by atoms with E-state index in [9.17, 15) is 8.78 Å². The van der Waals surface area contributed by atoms with Gasteiger partial charge in [-0.1, -0.05) is 30.3 Å². The second kappa shape index (κ2) is 3.56. The summed E-state index contributed by atoms with van der Waals surface area (Å²) in [7, 11) is 1.81. The Hall–Kier alpha value is -0.960. The van der Waals surface area contributed by atoms with Gasteiger partial charge in [0.15, 0.2) is 0 Å². The summed E-state index contributed by atoms with van der Waals surface area (Å²) in [5.41, 5.74) is 0.657. The third kappa shape index (κ3) is 1.88. The van der Waals surface area contributed by atoms with Gasteiger partial charge < -0.3 is 5.32 Å². The van der Waals surface area contributed by atoms with Crippen LogP contribution in [0.5, 0.6) is 0 Å². The molecule has 3 heteroatoms. The summed E-state index contributed by atoms with van der Waals surface area (Å²) in [4.78, 5) is 0. The molecular formula is C12H15F2N. The first-order chi connectivity index (χ1) is 7.08. The first-order valence-corrected chi connectivity index (χ1v) is 5.16. The summed E-state index contributed by atoms with van der Waals surface area (Å²) < 4.78 is 26.0. The van der Waals surface area contributed by atoms with E-state index in [0.29, 0.717) is 6.54 Å². The Morgan fingerprint density at radius 3 is 2.27 bits per heavy atom. The molecule has 0 aromatic heterocycles. The fourth-order valence-corrected chi connectivity index (χ4v) is 2.50. The van der Waals surface area contributed by atoms with Crippen molar-refractivity contribution in [3.05, 3.63) is 35.9 Å². The van der Waals surface area contributed by atoms with Crippen LogP contribution in [0.15, 0.2) is 30.3 Å². The number of rotatable bonds is 3. The van der Waals surface area contributed by atoms with E-state index in [1.165, 1.54) is 0 Å². The highest BCUT2D eigenvalue weighted by Crippen LogP contribution is 2.52. The van der Waals surface area contributed by atoms with Crippen LogP contribution in [0, 0.1) is 0 Å². The number of likely N-dealkylation sites (N-methyl/N-ethyl adjacent to an activating group) is 1. The predicted octanol–water partition coefficient (Wildman–Crippen LogP) is 2.57. The summed E-state index contributed by atoms with van der Waals surface area (Å²) in [6, 6.07) is 9.60. The van der Waals surface area contributed by atoms with E-state index in [0.717, 1.165) is 5.56 Å². The molecule has 0 unspecified atom stereocenters. The van der Waals surface area contributed by atoms with Crippen LogP contribution in [0.4, 0.5) is 8.78 Å². The number of halogens is 2. The van der Waals surface area contributed by atoms with Crippen molar-refractivity contribution in [2.24, 2.45) is 0 Å². The number of alkyl halides is 2. The van der Waals surface area contributed by atoms with Crippen molar-refractivity contribution >= 4 is 0 Å². The lowest BCUT2D eigenvalue weighted by Gasteiger charge is -2.47. The van der Waals surface area contributed by atoms with Gasteiger partial charge in [0, 0.05) is 24.8 Å². The van der Waals surface area contributed by atoms with Gasteiger partial charge in [-0.2, -0.15) is 0 Å². The molecule has 0 amide bonds. The maximum atomic E-state index is 13.0. The molecule has 0 bridgehead atoms. The largest absolute Gasteiger partial charge is 0.319 e. The van der Waals surface area contributed by atoms with Crippen LogP contribution in [0.1, 0.15) is 18.4 Å². The van der Waals surface area contributed by atoms with Gasteiger partial charge in [0.1, 0.15) is 0 Å². The minimum absolute atomic E-state index is 0.0369. The molecule has 1 fully saturated rings. The lowest BCUT2D eigenvalue weighted by molar-refractivity contribution is -0.125. The molecule has 82 valence electrons. The van der Waals surface area contributed by atoms with Crippen LogP contribution in [0.25, 0.3) is 0 Å². The van der Waals surface area contributed by atoms with E-state index in [-0.39, 0.29) is 18.3 Å². The van der Waals surface area contributed by atoms with Crippen molar-refractivity contribution in [2.45, 2.75) is 24.2 Å².